The largest absolute Gasteiger partial charge is 0.367 e. The third kappa shape index (κ3) is 1.86. The molecule has 2 heterocycles. The molecule has 0 spiro atoms. The highest BCUT2D eigenvalue weighted by Gasteiger charge is 2.24. The van der Waals surface area contributed by atoms with E-state index in [2.05, 4.69) is 28.9 Å². The predicted octanol–water partition coefficient (Wildman–Crippen LogP) is 2.79. The van der Waals surface area contributed by atoms with Crippen molar-refractivity contribution in [3.8, 4) is 0 Å². The van der Waals surface area contributed by atoms with Crippen molar-refractivity contribution in [2.45, 2.75) is 25.8 Å². The number of hydrogen-bond acceptors (Lipinski definition) is 3. The Bertz CT molecular complexity index is 589. The highest BCUT2D eigenvalue weighted by atomic mass is 16.1. The Hall–Kier alpha value is -1.90. The van der Waals surface area contributed by atoms with Gasteiger partial charge >= 0.3 is 0 Å². The van der Waals surface area contributed by atoms with Crippen molar-refractivity contribution in [2.24, 2.45) is 0 Å². The van der Waals surface area contributed by atoms with E-state index in [9.17, 15) is 4.79 Å². The van der Waals surface area contributed by atoms with E-state index in [1.54, 1.807) is 0 Å². The van der Waals surface area contributed by atoms with Gasteiger partial charge in [0.25, 0.3) is 0 Å². The van der Waals surface area contributed by atoms with Gasteiger partial charge in [-0.2, -0.15) is 0 Å². The van der Waals surface area contributed by atoms with Gasteiger partial charge in [0.1, 0.15) is 5.78 Å². The van der Waals surface area contributed by atoms with E-state index in [1.807, 2.05) is 24.4 Å². The fourth-order valence-electron chi connectivity index (χ4n) is 2.70. The standard InChI is InChI=1S/C15H16N2O/c1-11-10-12(18)7-9-17(11)15-6-2-5-14-13(15)4-3-8-16-14/h2-6,8,11H,7,9-10H2,1H3. The summed E-state index contributed by atoms with van der Waals surface area (Å²) in [6, 6.07) is 10.5. The zero-order chi connectivity index (χ0) is 12.5. The number of carbonyl (C=O) groups is 1. The van der Waals surface area contributed by atoms with E-state index < -0.39 is 0 Å². The summed E-state index contributed by atoms with van der Waals surface area (Å²) in [6.07, 6.45) is 3.12. The second kappa shape index (κ2) is 4.41. The maximum Gasteiger partial charge on any atom is 0.136 e. The number of anilines is 1. The summed E-state index contributed by atoms with van der Waals surface area (Å²) < 4.78 is 0. The number of hydrogen-bond donors (Lipinski definition) is 0. The first-order valence-corrected chi connectivity index (χ1v) is 6.38. The van der Waals surface area contributed by atoms with E-state index in [1.165, 1.54) is 11.1 Å². The Morgan fingerprint density at radius 3 is 3.00 bits per heavy atom. The van der Waals surface area contributed by atoms with Gasteiger partial charge < -0.3 is 4.90 Å². The lowest BCUT2D eigenvalue weighted by atomic mass is 10.0. The van der Waals surface area contributed by atoms with Crippen molar-refractivity contribution >= 4 is 22.4 Å². The Morgan fingerprint density at radius 1 is 1.28 bits per heavy atom. The molecule has 0 bridgehead atoms. The van der Waals surface area contributed by atoms with Gasteiger partial charge in [-0.15, -0.1) is 0 Å². The second-order valence-corrected chi connectivity index (χ2v) is 4.88. The SMILES string of the molecule is CC1CC(=O)CCN1c1cccc2ncccc12. The van der Waals surface area contributed by atoms with Gasteiger partial charge in [0.15, 0.2) is 0 Å². The van der Waals surface area contributed by atoms with Gasteiger partial charge in [-0.1, -0.05) is 6.07 Å². The number of nitrogens with zero attached hydrogens (tertiary/aromatic N) is 2. The van der Waals surface area contributed by atoms with Crippen LogP contribution in [0.4, 0.5) is 5.69 Å². The zero-order valence-electron chi connectivity index (χ0n) is 10.5. The molecule has 3 rings (SSSR count). The molecule has 92 valence electrons. The molecule has 1 fully saturated rings. The van der Waals surface area contributed by atoms with Gasteiger partial charge in [0, 0.05) is 42.7 Å². The maximum absolute atomic E-state index is 11.5. The molecule has 1 aromatic carbocycles. The van der Waals surface area contributed by atoms with Crippen LogP contribution in [0.25, 0.3) is 10.9 Å². The summed E-state index contributed by atoms with van der Waals surface area (Å²) in [5.74, 6) is 0.372. The molecule has 18 heavy (non-hydrogen) atoms. The number of carbonyl (C=O) groups excluding carboxylic acids is 1. The zero-order valence-corrected chi connectivity index (χ0v) is 10.5. The number of Topliss-reactive ketones (excluding diaryl/α,β-unsaturated/α-hetero) is 1. The molecular formula is C15H16N2O. The van der Waals surface area contributed by atoms with E-state index >= 15 is 0 Å². The number of pyridine rings is 1. The van der Waals surface area contributed by atoms with Crippen LogP contribution in [0.1, 0.15) is 19.8 Å². The molecule has 3 nitrogen and oxygen atoms in total. The topological polar surface area (TPSA) is 33.2 Å². The molecule has 0 radical (unpaired) electrons. The van der Waals surface area contributed by atoms with Crippen LogP contribution in [0.2, 0.25) is 0 Å². The van der Waals surface area contributed by atoms with Gasteiger partial charge in [0.2, 0.25) is 0 Å². The molecule has 1 aromatic heterocycles. The van der Waals surface area contributed by atoms with Crippen LogP contribution in [0.15, 0.2) is 36.5 Å². The van der Waals surface area contributed by atoms with Gasteiger partial charge in [-0.25, -0.2) is 0 Å². The number of piperidine rings is 1. The van der Waals surface area contributed by atoms with Crippen molar-refractivity contribution in [1.82, 2.24) is 4.98 Å². The molecule has 1 aliphatic rings. The molecule has 1 unspecified atom stereocenters. The molecule has 0 N–H and O–H groups in total. The lowest BCUT2D eigenvalue weighted by Crippen LogP contribution is -2.41. The fraction of sp³-hybridized carbons (Fsp3) is 0.333. The monoisotopic (exact) mass is 240 g/mol. The van der Waals surface area contributed by atoms with Crippen LogP contribution in [0.5, 0.6) is 0 Å². The highest BCUT2D eigenvalue weighted by Crippen LogP contribution is 2.29. The first kappa shape index (κ1) is 11.2. The number of fused-ring (bicyclic) bond motifs is 1. The molecule has 1 saturated heterocycles. The lowest BCUT2D eigenvalue weighted by molar-refractivity contribution is -0.120. The van der Waals surface area contributed by atoms with Gasteiger partial charge in [-0.05, 0) is 31.2 Å². The van der Waals surface area contributed by atoms with Crippen LogP contribution < -0.4 is 4.90 Å². The summed E-state index contributed by atoms with van der Waals surface area (Å²) in [7, 11) is 0. The minimum Gasteiger partial charge on any atom is -0.367 e. The Balaban J connectivity index is 2.06. The normalized spacial score (nSPS) is 20.4. The van der Waals surface area contributed by atoms with Crippen LogP contribution in [-0.4, -0.2) is 23.4 Å². The Kier molecular flexibility index (Phi) is 2.74. The Morgan fingerprint density at radius 2 is 2.17 bits per heavy atom. The van der Waals surface area contributed by atoms with Gasteiger partial charge in [-0.3, -0.25) is 9.78 Å². The molecule has 0 amide bonds. The van der Waals surface area contributed by atoms with E-state index in [0.717, 1.165) is 12.1 Å². The smallest absolute Gasteiger partial charge is 0.136 e. The lowest BCUT2D eigenvalue weighted by Gasteiger charge is -2.35. The van der Waals surface area contributed by atoms with Crippen molar-refractivity contribution in [3.63, 3.8) is 0 Å². The molecule has 1 atom stereocenters. The number of benzene rings is 1. The van der Waals surface area contributed by atoms with Crippen LogP contribution in [0.3, 0.4) is 0 Å². The maximum atomic E-state index is 11.5. The molecule has 1 aliphatic heterocycles. The third-order valence-electron chi connectivity index (χ3n) is 3.62. The Labute approximate surface area is 106 Å². The predicted molar refractivity (Wildman–Crippen MR) is 72.8 cm³/mol. The minimum absolute atomic E-state index is 0.275. The second-order valence-electron chi connectivity index (χ2n) is 4.88. The van der Waals surface area contributed by atoms with E-state index in [4.69, 9.17) is 0 Å². The first-order valence-electron chi connectivity index (χ1n) is 6.38. The quantitative estimate of drug-likeness (QED) is 0.768. The fourth-order valence-corrected chi connectivity index (χ4v) is 2.70. The summed E-state index contributed by atoms with van der Waals surface area (Å²) in [6.45, 7) is 2.93. The molecule has 0 saturated carbocycles. The minimum atomic E-state index is 0.275. The molecule has 3 heteroatoms. The van der Waals surface area contributed by atoms with E-state index in [-0.39, 0.29) is 6.04 Å². The van der Waals surface area contributed by atoms with E-state index in [0.29, 0.717) is 18.6 Å². The third-order valence-corrected chi connectivity index (χ3v) is 3.62. The van der Waals surface area contributed by atoms with Crippen molar-refractivity contribution < 1.29 is 4.79 Å². The summed E-state index contributed by atoms with van der Waals surface area (Å²) in [5.41, 5.74) is 2.21. The average Bonchev–Trinajstić information content (AvgIpc) is 2.38. The van der Waals surface area contributed by atoms with Gasteiger partial charge in [0.05, 0.1) is 5.52 Å². The van der Waals surface area contributed by atoms with Crippen LogP contribution in [0, 0.1) is 0 Å². The summed E-state index contributed by atoms with van der Waals surface area (Å²) in [5, 5.41) is 1.17. The van der Waals surface area contributed by atoms with Crippen LogP contribution in [-0.2, 0) is 4.79 Å². The van der Waals surface area contributed by atoms with Crippen molar-refractivity contribution in [3.05, 3.63) is 36.5 Å². The molecular weight excluding hydrogens is 224 g/mol. The summed E-state index contributed by atoms with van der Waals surface area (Å²) in [4.78, 5) is 18.2. The highest BCUT2D eigenvalue weighted by molar-refractivity contribution is 5.93. The first-order chi connectivity index (χ1) is 8.75. The number of aromatic nitrogens is 1. The number of ketones is 1. The average molecular weight is 240 g/mol. The molecule has 2 aromatic rings. The molecule has 0 aliphatic carbocycles. The van der Waals surface area contributed by atoms with Crippen molar-refractivity contribution in [1.29, 1.82) is 0 Å². The van der Waals surface area contributed by atoms with Crippen LogP contribution >= 0.6 is 0 Å². The van der Waals surface area contributed by atoms with Crippen molar-refractivity contribution in [2.75, 3.05) is 11.4 Å². The number of rotatable bonds is 1. The summed E-state index contributed by atoms with van der Waals surface area (Å²) >= 11 is 0.